The van der Waals surface area contributed by atoms with Crippen molar-refractivity contribution < 1.29 is 9.32 Å². The van der Waals surface area contributed by atoms with Gasteiger partial charge in [0.1, 0.15) is 5.69 Å². The smallest absolute Gasteiger partial charge is 0.271 e. The van der Waals surface area contributed by atoms with Crippen LogP contribution in [0.2, 0.25) is 0 Å². The zero-order chi connectivity index (χ0) is 13.7. The molecule has 0 saturated carbocycles. The zero-order valence-electron chi connectivity index (χ0n) is 10.7. The molecular formula is C11H16N6O2. The molecule has 102 valence electrons. The minimum atomic E-state index is -0.226. The highest BCUT2D eigenvalue weighted by molar-refractivity contribution is 5.91. The predicted octanol–water partition coefficient (Wildman–Crippen LogP) is -0.494. The van der Waals surface area contributed by atoms with E-state index < -0.39 is 0 Å². The van der Waals surface area contributed by atoms with E-state index in [1.165, 1.54) is 0 Å². The number of rotatable bonds is 6. The third-order valence-corrected chi connectivity index (χ3v) is 2.46. The van der Waals surface area contributed by atoms with Crippen molar-refractivity contribution in [3.8, 4) is 0 Å². The van der Waals surface area contributed by atoms with Crippen LogP contribution in [0.15, 0.2) is 17.0 Å². The molecule has 2 aromatic rings. The fourth-order valence-corrected chi connectivity index (χ4v) is 1.57. The third kappa shape index (κ3) is 3.62. The first-order valence-electron chi connectivity index (χ1n) is 5.98. The molecule has 0 aliphatic carbocycles. The summed E-state index contributed by atoms with van der Waals surface area (Å²) < 4.78 is 6.61. The van der Waals surface area contributed by atoms with Crippen molar-refractivity contribution in [3.05, 3.63) is 29.9 Å². The molecule has 0 aromatic carbocycles. The van der Waals surface area contributed by atoms with Crippen molar-refractivity contribution >= 4 is 5.91 Å². The second-order valence-electron chi connectivity index (χ2n) is 4.02. The summed E-state index contributed by atoms with van der Waals surface area (Å²) in [5.74, 6) is 0.865. The lowest BCUT2D eigenvalue weighted by atomic mass is 10.3. The topological polar surface area (TPSA) is 112 Å². The molecule has 0 atom stereocenters. The maximum atomic E-state index is 11.8. The normalized spacial score (nSPS) is 10.6. The van der Waals surface area contributed by atoms with Crippen LogP contribution in [0.4, 0.5) is 0 Å². The summed E-state index contributed by atoms with van der Waals surface area (Å²) in [6.45, 7) is 3.30. The number of hydrogen-bond acceptors (Lipinski definition) is 6. The van der Waals surface area contributed by atoms with Gasteiger partial charge in [-0.15, -0.1) is 0 Å². The molecule has 0 spiro atoms. The van der Waals surface area contributed by atoms with Crippen LogP contribution in [-0.2, 0) is 13.0 Å². The molecule has 19 heavy (non-hydrogen) atoms. The number of nitrogens with two attached hydrogens (primary N) is 1. The quantitative estimate of drug-likeness (QED) is 0.727. The summed E-state index contributed by atoms with van der Waals surface area (Å²) >= 11 is 0. The van der Waals surface area contributed by atoms with E-state index in [2.05, 4.69) is 20.4 Å². The highest BCUT2D eigenvalue weighted by atomic mass is 16.5. The Morgan fingerprint density at radius 1 is 1.58 bits per heavy atom. The maximum absolute atomic E-state index is 11.8. The van der Waals surface area contributed by atoms with Crippen LogP contribution in [-0.4, -0.2) is 38.7 Å². The van der Waals surface area contributed by atoms with Gasteiger partial charge >= 0.3 is 0 Å². The molecule has 0 saturated heterocycles. The largest absolute Gasteiger partial charge is 0.350 e. The molecule has 0 aliphatic rings. The van der Waals surface area contributed by atoms with Crippen LogP contribution >= 0.6 is 0 Å². The number of carbonyl (C=O) groups excluding carboxylic acids is 1. The lowest BCUT2D eigenvalue weighted by Gasteiger charge is -2.00. The number of nitrogens with zero attached hydrogens (tertiary/aromatic N) is 4. The van der Waals surface area contributed by atoms with Crippen LogP contribution in [0.3, 0.4) is 0 Å². The van der Waals surface area contributed by atoms with E-state index in [0.29, 0.717) is 43.5 Å². The molecular weight excluding hydrogens is 248 g/mol. The zero-order valence-corrected chi connectivity index (χ0v) is 10.7. The van der Waals surface area contributed by atoms with Gasteiger partial charge in [0, 0.05) is 39.2 Å². The molecule has 0 radical (unpaired) electrons. The molecule has 0 bridgehead atoms. The Kier molecular flexibility index (Phi) is 4.24. The number of imidazole rings is 1. The number of nitrogens with one attached hydrogen (secondary N) is 1. The molecule has 8 nitrogen and oxygen atoms in total. The minimum absolute atomic E-state index is 0.226. The summed E-state index contributed by atoms with van der Waals surface area (Å²) in [4.78, 5) is 19.8. The molecule has 0 unspecified atom stereocenters. The average Bonchev–Trinajstić information content (AvgIpc) is 2.99. The lowest BCUT2D eigenvalue weighted by molar-refractivity contribution is 0.0949. The first-order valence-corrected chi connectivity index (χ1v) is 5.98. The van der Waals surface area contributed by atoms with Crippen molar-refractivity contribution in [3.63, 3.8) is 0 Å². The Bertz CT molecular complexity index is 547. The summed E-state index contributed by atoms with van der Waals surface area (Å²) in [6.07, 6.45) is 3.78. The van der Waals surface area contributed by atoms with E-state index in [1.54, 1.807) is 24.0 Å². The highest BCUT2D eigenvalue weighted by Crippen LogP contribution is 1.97. The Morgan fingerprint density at radius 3 is 3.11 bits per heavy atom. The van der Waals surface area contributed by atoms with Crippen LogP contribution in [0.5, 0.6) is 0 Å². The van der Waals surface area contributed by atoms with Gasteiger partial charge in [0.15, 0.2) is 5.82 Å². The number of aromatic nitrogens is 4. The monoisotopic (exact) mass is 264 g/mol. The van der Waals surface area contributed by atoms with E-state index in [0.717, 1.165) is 0 Å². The van der Waals surface area contributed by atoms with Gasteiger partial charge in [-0.1, -0.05) is 5.16 Å². The fourth-order valence-electron chi connectivity index (χ4n) is 1.57. The molecule has 2 rings (SSSR count). The number of amides is 1. The van der Waals surface area contributed by atoms with E-state index >= 15 is 0 Å². The number of carbonyl (C=O) groups is 1. The highest BCUT2D eigenvalue weighted by Gasteiger charge is 2.09. The van der Waals surface area contributed by atoms with Gasteiger partial charge in [-0.25, -0.2) is 4.98 Å². The third-order valence-electron chi connectivity index (χ3n) is 2.46. The average molecular weight is 264 g/mol. The van der Waals surface area contributed by atoms with E-state index in [1.807, 2.05) is 0 Å². The Hall–Kier alpha value is -2.22. The predicted molar refractivity (Wildman–Crippen MR) is 66.4 cm³/mol. The summed E-state index contributed by atoms with van der Waals surface area (Å²) in [5, 5.41) is 6.49. The minimum Gasteiger partial charge on any atom is -0.350 e. The Morgan fingerprint density at radius 2 is 2.42 bits per heavy atom. The van der Waals surface area contributed by atoms with Crippen LogP contribution in [0.25, 0.3) is 0 Å². The number of aryl methyl sites for hydroxylation is 1. The SMILES string of the molecule is Cc1nc(CCNC(=O)c2cn(CCN)cn2)no1. The summed E-state index contributed by atoms with van der Waals surface area (Å²) in [5.41, 5.74) is 5.79. The van der Waals surface area contributed by atoms with Gasteiger partial charge in [0.25, 0.3) is 5.91 Å². The van der Waals surface area contributed by atoms with E-state index in [4.69, 9.17) is 10.3 Å². The molecule has 8 heteroatoms. The second kappa shape index (κ2) is 6.10. The maximum Gasteiger partial charge on any atom is 0.271 e. The van der Waals surface area contributed by atoms with E-state index in [9.17, 15) is 4.79 Å². The van der Waals surface area contributed by atoms with Gasteiger partial charge in [-0.2, -0.15) is 4.98 Å². The summed E-state index contributed by atoms with van der Waals surface area (Å²) in [6, 6.07) is 0. The van der Waals surface area contributed by atoms with Crippen LogP contribution in [0.1, 0.15) is 22.2 Å². The van der Waals surface area contributed by atoms with Gasteiger partial charge < -0.3 is 20.1 Å². The Balaban J connectivity index is 1.80. The molecule has 3 N–H and O–H groups in total. The van der Waals surface area contributed by atoms with Gasteiger partial charge in [0.2, 0.25) is 5.89 Å². The summed E-state index contributed by atoms with van der Waals surface area (Å²) in [7, 11) is 0. The van der Waals surface area contributed by atoms with Crippen molar-refractivity contribution in [2.45, 2.75) is 19.9 Å². The van der Waals surface area contributed by atoms with Crippen molar-refractivity contribution in [1.29, 1.82) is 0 Å². The van der Waals surface area contributed by atoms with Gasteiger partial charge in [-0.3, -0.25) is 4.79 Å². The molecule has 2 aromatic heterocycles. The lowest BCUT2D eigenvalue weighted by Crippen LogP contribution is -2.26. The van der Waals surface area contributed by atoms with Gasteiger partial charge in [0.05, 0.1) is 6.33 Å². The van der Waals surface area contributed by atoms with E-state index in [-0.39, 0.29) is 5.91 Å². The molecule has 2 heterocycles. The second-order valence-corrected chi connectivity index (χ2v) is 4.02. The van der Waals surface area contributed by atoms with Crippen molar-refractivity contribution in [1.82, 2.24) is 25.0 Å². The number of hydrogen-bond donors (Lipinski definition) is 2. The van der Waals surface area contributed by atoms with Crippen LogP contribution < -0.4 is 11.1 Å². The Labute approximate surface area is 110 Å². The standard InChI is InChI=1S/C11H16N6O2/c1-8-15-10(16-19-8)2-4-13-11(18)9-6-17(5-3-12)7-14-9/h6-7H,2-5,12H2,1H3,(H,13,18). The first-order chi connectivity index (χ1) is 9.19. The van der Waals surface area contributed by atoms with Gasteiger partial charge in [-0.05, 0) is 0 Å². The first kappa shape index (κ1) is 13.2. The van der Waals surface area contributed by atoms with Crippen molar-refractivity contribution in [2.75, 3.05) is 13.1 Å². The van der Waals surface area contributed by atoms with Crippen molar-refractivity contribution in [2.24, 2.45) is 5.73 Å². The van der Waals surface area contributed by atoms with Crippen LogP contribution in [0, 0.1) is 6.92 Å². The fraction of sp³-hybridized carbons (Fsp3) is 0.455. The molecule has 0 aliphatic heterocycles. The molecule has 1 amide bonds. The molecule has 0 fully saturated rings.